The molecule has 3 heterocycles. The zero-order valence-corrected chi connectivity index (χ0v) is 21.9. The molecule has 40 heavy (non-hydrogen) atoms. The minimum atomic E-state index is -1.99. The van der Waals surface area contributed by atoms with E-state index in [1.807, 2.05) is 0 Å². The standard InChI is InChI=1S/C24H26B3N9O4/c1-39-20-14(21-31-18(40-35-21)12-36-9-7-28-8-10-36)3-2-4-15(20)29-16-11-17(30-22(37)13-5-6-13)33-34-19(16)23(38)32-24(25,26)27/h2-4,11,13,28H,5-10,12H2,1H3,(H,32,38)(H2,29,30,33,37). The molecule has 13 nitrogen and oxygen atoms in total. The largest absolute Gasteiger partial charge is 0.494 e. The molecule has 6 radical (unpaired) electrons. The van der Waals surface area contributed by atoms with Crippen molar-refractivity contribution in [1.82, 2.24) is 35.9 Å². The van der Waals surface area contributed by atoms with E-state index in [2.05, 4.69) is 46.5 Å². The molecule has 1 aliphatic carbocycles. The number of anilines is 3. The van der Waals surface area contributed by atoms with Crippen LogP contribution in [0.3, 0.4) is 0 Å². The van der Waals surface area contributed by atoms with Gasteiger partial charge < -0.3 is 30.5 Å². The summed E-state index contributed by atoms with van der Waals surface area (Å²) >= 11 is 0. The summed E-state index contributed by atoms with van der Waals surface area (Å²) in [6.45, 7) is 4.12. The smallest absolute Gasteiger partial charge is 0.272 e. The Hall–Kier alpha value is -3.91. The number of rotatable bonds is 10. The molecule has 1 saturated carbocycles. The molecule has 3 aromatic rings. The molecule has 2 amide bonds. The SMILES string of the molecule is [B]C([B])([B])NC(=O)c1nnc(NC(=O)C2CC2)cc1Nc1cccc(-c2noc(CN3CCNCC3)n2)c1OC. The summed E-state index contributed by atoms with van der Waals surface area (Å²) in [4.78, 5) is 32.0. The second kappa shape index (κ2) is 11.7. The molecular weight excluding hydrogens is 511 g/mol. The molecular formula is C24H26B3N9O4. The number of ether oxygens (including phenoxy) is 1. The fourth-order valence-corrected chi connectivity index (χ4v) is 4.21. The Morgan fingerprint density at radius 2 is 1.95 bits per heavy atom. The Morgan fingerprint density at radius 1 is 1.18 bits per heavy atom. The van der Waals surface area contributed by atoms with Crippen LogP contribution in [-0.4, -0.2) is 99.1 Å². The highest BCUT2D eigenvalue weighted by atomic mass is 16.5. The van der Waals surface area contributed by atoms with Crippen LogP contribution in [-0.2, 0) is 11.3 Å². The number of nitrogens with zero attached hydrogens (tertiary/aromatic N) is 5. The van der Waals surface area contributed by atoms with E-state index in [1.54, 1.807) is 18.2 Å². The Labute approximate surface area is 234 Å². The summed E-state index contributed by atoms with van der Waals surface area (Å²) in [5.41, 5.74) is 1.03. The monoisotopic (exact) mass is 537 g/mol. The molecule has 0 unspecified atom stereocenters. The van der Waals surface area contributed by atoms with Gasteiger partial charge in [-0.3, -0.25) is 14.5 Å². The van der Waals surface area contributed by atoms with Gasteiger partial charge in [-0.05, 0) is 25.0 Å². The van der Waals surface area contributed by atoms with Crippen LogP contribution in [0.15, 0.2) is 28.8 Å². The van der Waals surface area contributed by atoms with E-state index in [9.17, 15) is 9.59 Å². The van der Waals surface area contributed by atoms with Gasteiger partial charge in [-0.25, -0.2) is 0 Å². The summed E-state index contributed by atoms with van der Waals surface area (Å²) in [7, 11) is 18.2. The van der Waals surface area contributed by atoms with Gasteiger partial charge in [0.05, 0.1) is 54.1 Å². The number of amides is 2. The third-order valence-corrected chi connectivity index (χ3v) is 6.30. The van der Waals surface area contributed by atoms with Crippen LogP contribution in [0.25, 0.3) is 11.4 Å². The number of hydrogen-bond acceptors (Lipinski definition) is 11. The van der Waals surface area contributed by atoms with Crippen molar-refractivity contribution in [3.05, 3.63) is 35.9 Å². The average molecular weight is 537 g/mol. The van der Waals surface area contributed by atoms with Crippen molar-refractivity contribution in [1.29, 1.82) is 0 Å². The van der Waals surface area contributed by atoms with Crippen molar-refractivity contribution in [2.45, 2.75) is 24.6 Å². The lowest BCUT2D eigenvalue weighted by atomic mass is 9.49. The number of benzene rings is 1. The topological polar surface area (TPSA) is 159 Å². The van der Waals surface area contributed by atoms with Crippen molar-refractivity contribution in [2.75, 3.05) is 43.9 Å². The van der Waals surface area contributed by atoms with Gasteiger partial charge in [-0.1, -0.05) is 16.5 Å². The van der Waals surface area contributed by atoms with Crippen LogP contribution >= 0.6 is 0 Å². The lowest BCUT2D eigenvalue weighted by Crippen LogP contribution is -2.50. The number of carbonyl (C=O) groups is 2. The maximum Gasteiger partial charge on any atom is 0.272 e. The zero-order chi connectivity index (χ0) is 28.3. The van der Waals surface area contributed by atoms with Gasteiger partial charge in [-0.2, -0.15) is 4.98 Å². The molecule has 5 rings (SSSR count). The van der Waals surface area contributed by atoms with Gasteiger partial charge in [0.1, 0.15) is 0 Å². The first-order valence-electron chi connectivity index (χ1n) is 12.8. The number of methoxy groups -OCH3 is 1. The number of aromatic nitrogens is 4. The van der Waals surface area contributed by atoms with Crippen molar-refractivity contribution in [3.63, 3.8) is 0 Å². The van der Waals surface area contributed by atoms with Crippen molar-refractivity contribution >= 4 is 52.5 Å². The first-order chi connectivity index (χ1) is 19.2. The van der Waals surface area contributed by atoms with Gasteiger partial charge >= 0.3 is 0 Å². The minimum Gasteiger partial charge on any atom is -0.494 e. The first kappa shape index (κ1) is 27.7. The second-order valence-corrected chi connectivity index (χ2v) is 9.69. The first-order valence-corrected chi connectivity index (χ1v) is 12.8. The van der Waals surface area contributed by atoms with E-state index in [-0.39, 0.29) is 29.0 Å². The fourth-order valence-electron chi connectivity index (χ4n) is 4.21. The Kier molecular flexibility index (Phi) is 8.08. The molecule has 4 N–H and O–H groups in total. The fraction of sp³-hybridized carbons (Fsp3) is 0.417. The summed E-state index contributed by atoms with van der Waals surface area (Å²) < 4.78 is 11.2. The third-order valence-electron chi connectivity index (χ3n) is 6.30. The van der Waals surface area contributed by atoms with E-state index in [4.69, 9.17) is 32.8 Å². The van der Waals surface area contributed by atoms with Crippen molar-refractivity contribution in [2.24, 2.45) is 5.92 Å². The molecule has 0 spiro atoms. The molecule has 2 aromatic heterocycles. The number of nitrogens with one attached hydrogen (secondary N) is 4. The van der Waals surface area contributed by atoms with E-state index < -0.39 is 11.1 Å². The van der Waals surface area contributed by atoms with Crippen molar-refractivity contribution in [3.8, 4) is 17.1 Å². The summed E-state index contributed by atoms with van der Waals surface area (Å²) in [5.74, 6) is 0.351. The molecule has 200 valence electrons. The molecule has 1 aliphatic heterocycles. The highest BCUT2D eigenvalue weighted by Crippen LogP contribution is 2.37. The highest BCUT2D eigenvalue weighted by Gasteiger charge is 2.30. The van der Waals surface area contributed by atoms with Crippen LogP contribution in [0.4, 0.5) is 17.2 Å². The molecule has 1 saturated heterocycles. The van der Waals surface area contributed by atoms with E-state index >= 15 is 0 Å². The minimum absolute atomic E-state index is 0.0586. The Morgan fingerprint density at radius 3 is 2.65 bits per heavy atom. The molecule has 0 bridgehead atoms. The second-order valence-electron chi connectivity index (χ2n) is 9.69. The normalized spacial score (nSPS) is 15.8. The maximum absolute atomic E-state index is 12.9. The van der Waals surface area contributed by atoms with Gasteiger partial charge in [0, 0.05) is 38.2 Å². The predicted molar refractivity (Wildman–Crippen MR) is 149 cm³/mol. The highest BCUT2D eigenvalue weighted by molar-refractivity contribution is 6.60. The van der Waals surface area contributed by atoms with E-state index in [0.29, 0.717) is 35.3 Å². The molecule has 1 aromatic carbocycles. The van der Waals surface area contributed by atoms with E-state index in [0.717, 1.165) is 39.0 Å². The summed E-state index contributed by atoms with van der Waals surface area (Å²) in [6.07, 6.45) is 1.63. The maximum atomic E-state index is 12.9. The van der Waals surface area contributed by atoms with Gasteiger partial charge in [-0.15, -0.1) is 10.2 Å². The Balaban J connectivity index is 1.44. The summed E-state index contributed by atoms with van der Waals surface area (Å²) in [6, 6.07) is 6.75. The number of piperazine rings is 1. The lowest BCUT2D eigenvalue weighted by Gasteiger charge is -2.25. The Bertz CT molecular complexity index is 1390. The van der Waals surface area contributed by atoms with Crippen LogP contribution < -0.4 is 26.0 Å². The molecule has 2 aliphatic rings. The summed E-state index contributed by atoms with van der Waals surface area (Å²) in [5, 5.41) is 21.5. The third kappa shape index (κ3) is 6.80. The molecule has 0 atom stereocenters. The molecule has 16 heteroatoms. The number of para-hydroxylation sites is 1. The van der Waals surface area contributed by atoms with Crippen LogP contribution in [0.2, 0.25) is 0 Å². The van der Waals surface area contributed by atoms with Crippen LogP contribution in [0, 0.1) is 5.92 Å². The molecule has 2 fully saturated rings. The van der Waals surface area contributed by atoms with Gasteiger partial charge in [0.2, 0.25) is 17.6 Å². The van der Waals surface area contributed by atoms with Crippen LogP contribution in [0.5, 0.6) is 5.75 Å². The quantitative estimate of drug-likeness (QED) is 0.256. The number of carbonyl (C=O) groups excluding carboxylic acids is 2. The van der Waals surface area contributed by atoms with Gasteiger partial charge in [0.15, 0.2) is 17.3 Å². The average Bonchev–Trinajstić information content (AvgIpc) is 3.67. The lowest BCUT2D eigenvalue weighted by molar-refractivity contribution is -0.117. The number of hydrogen-bond donors (Lipinski definition) is 4. The van der Waals surface area contributed by atoms with Gasteiger partial charge in [0.25, 0.3) is 5.91 Å². The predicted octanol–water partition coefficient (Wildman–Crippen LogP) is -0.121. The zero-order valence-electron chi connectivity index (χ0n) is 21.9. The van der Waals surface area contributed by atoms with Crippen LogP contribution in [0.1, 0.15) is 29.2 Å². The van der Waals surface area contributed by atoms with E-state index in [1.165, 1.54) is 13.2 Å². The van der Waals surface area contributed by atoms with Crippen molar-refractivity contribution < 1.29 is 18.8 Å².